The van der Waals surface area contributed by atoms with Crippen LogP contribution >= 0.6 is 0 Å². The van der Waals surface area contributed by atoms with E-state index < -0.39 is 5.54 Å². The minimum absolute atomic E-state index is 0.261. The maximum Gasteiger partial charge on any atom is 0.237 e. The van der Waals surface area contributed by atoms with Gasteiger partial charge >= 0.3 is 0 Å². The van der Waals surface area contributed by atoms with Gasteiger partial charge in [0.25, 0.3) is 0 Å². The third-order valence-corrected chi connectivity index (χ3v) is 5.52. The van der Waals surface area contributed by atoms with Crippen molar-refractivity contribution >= 4 is 5.91 Å². The van der Waals surface area contributed by atoms with Crippen molar-refractivity contribution < 1.29 is 4.79 Å². The Kier molecular flexibility index (Phi) is 5.63. The molecule has 0 spiro atoms. The average Bonchev–Trinajstić information content (AvgIpc) is 2.97. The predicted octanol–water partition coefficient (Wildman–Crippen LogP) is 0.789. The average molecular weight is 296 g/mol. The van der Waals surface area contributed by atoms with E-state index in [9.17, 15) is 4.79 Å². The van der Waals surface area contributed by atoms with E-state index >= 15 is 0 Å². The molecule has 2 rings (SSSR count). The number of nitrogens with zero attached hydrogens (tertiary/aromatic N) is 2. The predicted molar refractivity (Wildman–Crippen MR) is 86.1 cm³/mol. The molecule has 122 valence electrons. The monoisotopic (exact) mass is 296 g/mol. The van der Waals surface area contributed by atoms with Crippen molar-refractivity contribution in [2.24, 2.45) is 5.73 Å². The molecule has 0 radical (unpaired) electrons. The van der Waals surface area contributed by atoms with Gasteiger partial charge in [0, 0.05) is 25.2 Å². The van der Waals surface area contributed by atoms with E-state index in [-0.39, 0.29) is 5.91 Å². The second-order valence-electron chi connectivity index (χ2n) is 7.03. The summed E-state index contributed by atoms with van der Waals surface area (Å²) in [6.07, 6.45) is 6.13. The van der Waals surface area contributed by atoms with Crippen molar-refractivity contribution in [3.63, 3.8) is 0 Å². The standard InChI is InChI=1S/C16H32N4O/c1-13(11-16(2,18-3)15(17)21)20-10-7-14(12-20)19-8-5-4-6-9-19/h13-14,18H,4-12H2,1-3H3,(H2,17,21). The van der Waals surface area contributed by atoms with E-state index in [1.807, 2.05) is 14.0 Å². The lowest BCUT2D eigenvalue weighted by atomic mass is 9.92. The SMILES string of the molecule is CNC(C)(CC(C)N1CCC(N2CCCCC2)C1)C(N)=O. The van der Waals surface area contributed by atoms with Crippen LogP contribution in [0.2, 0.25) is 0 Å². The summed E-state index contributed by atoms with van der Waals surface area (Å²) in [6.45, 7) is 8.94. The number of carbonyl (C=O) groups excluding carboxylic acids is 1. The highest BCUT2D eigenvalue weighted by Crippen LogP contribution is 2.24. The van der Waals surface area contributed by atoms with Crippen LogP contribution < -0.4 is 11.1 Å². The molecule has 2 fully saturated rings. The zero-order chi connectivity index (χ0) is 15.5. The van der Waals surface area contributed by atoms with Crippen molar-refractivity contribution in [2.45, 2.75) is 63.6 Å². The number of amides is 1. The molecule has 5 nitrogen and oxygen atoms in total. The summed E-state index contributed by atoms with van der Waals surface area (Å²) in [5, 5.41) is 3.10. The topological polar surface area (TPSA) is 61.6 Å². The minimum atomic E-state index is -0.609. The van der Waals surface area contributed by atoms with Crippen LogP contribution in [0.5, 0.6) is 0 Å². The van der Waals surface area contributed by atoms with Gasteiger partial charge in [-0.25, -0.2) is 0 Å². The van der Waals surface area contributed by atoms with Crippen molar-refractivity contribution in [2.75, 3.05) is 33.2 Å². The van der Waals surface area contributed by atoms with Gasteiger partial charge in [-0.1, -0.05) is 6.42 Å². The highest BCUT2D eigenvalue weighted by molar-refractivity contribution is 5.84. The Bertz CT molecular complexity index is 356. The zero-order valence-corrected chi connectivity index (χ0v) is 13.9. The van der Waals surface area contributed by atoms with Crippen LogP contribution in [0.25, 0.3) is 0 Å². The van der Waals surface area contributed by atoms with Gasteiger partial charge in [0.15, 0.2) is 0 Å². The largest absolute Gasteiger partial charge is 0.368 e. The first-order valence-electron chi connectivity index (χ1n) is 8.43. The number of carbonyl (C=O) groups is 1. The van der Waals surface area contributed by atoms with Gasteiger partial charge in [-0.2, -0.15) is 0 Å². The number of likely N-dealkylation sites (tertiary alicyclic amines) is 2. The lowest BCUT2D eigenvalue weighted by Crippen LogP contribution is -2.55. The molecule has 1 amide bonds. The first-order chi connectivity index (χ1) is 9.96. The maximum atomic E-state index is 11.6. The maximum absolute atomic E-state index is 11.6. The molecule has 2 heterocycles. The van der Waals surface area contributed by atoms with E-state index in [1.165, 1.54) is 38.8 Å². The fraction of sp³-hybridized carbons (Fsp3) is 0.938. The lowest BCUT2D eigenvalue weighted by Gasteiger charge is -2.35. The van der Waals surface area contributed by atoms with Gasteiger partial charge in [0.1, 0.15) is 0 Å². The van der Waals surface area contributed by atoms with Crippen molar-refractivity contribution in [3.8, 4) is 0 Å². The van der Waals surface area contributed by atoms with Crippen molar-refractivity contribution in [3.05, 3.63) is 0 Å². The van der Waals surface area contributed by atoms with Crippen LogP contribution in [0, 0.1) is 0 Å². The number of hydrogen-bond donors (Lipinski definition) is 2. The highest BCUT2D eigenvalue weighted by Gasteiger charge is 2.36. The number of rotatable bonds is 6. The lowest BCUT2D eigenvalue weighted by molar-refractivity contribution is -0.124. The van der Waals surface area contributed by atoms with Crippen molar-refractivity contribution in [1.29, 1.82) is 0 Å². The third-order valence-electron chi connectivity index (χ3n) is 5.52. The molecule has 0 bridgehead atoms. The zero-order valence-electron chi connectivity index (χ0n) is 13.9. The number of hydrogen-bond acceptors (Lipinski definition) is 4. The molecule has 0 aromatic rings. The second-order valence-corrected chi connectivity index (χ2v) is 7.03. The molecule has 3 atom stereocenters. The van der Waals surface area contributed by atoms with E-state index in [0.717, 1.165) is 19.5 Å². The Balaban J connectivity index is 1.86. The normalized spacial score (nSPS) is 29.2. The van der Waals surface area contributed by atoms with Gasteiger partial charge in [-0.05, 0) is 59.7 Å². The molecular formula is C16H32N4O. The van der Waals surface area contributed by atoms with Crippen LogP contribution in [0.15, 0.2) is 0 Å². The number of nitrogens with two attached hydrogens (primary N) is 1. The first kappa shape index (κ1) is 16.7. The number of piperidine rings is 1. The van der Waals surface area contributed by atoms with Crippen LogP contribution in [0.4, 0.5) is 0 Å². The summed E-state index contributed by atoms with van der Waals surface area (Å²) in [6, 6.07) is 1.09. The molecule has 2 aliphatic heterocycles. The Labute approximate surface area is 129 Å². The van der Waals surface area contributed by atoms with Crippen molar-refractivity contribution in [1.82, 2.24) is 15.1 Å². The van der Waals surface area contributed by atoms with Gasteiger partial charge in [-0.15, -0.1) is 0 Å². The van der Waals surface area contributed by atoms with Crippen LogP contribution in [-0.4, -0.2) is 66.6 Å². The second kappa shape index (κ2) is 7.07. The Morgan fingerprint density at radius 3 is 2.57 bits per heavy atom. The molecule has 0 aromatic carbocycles. The van der Waals surface area contributed by atoms with Crippen LogP contribution in [-0.2, 0) is 4.79 Å². The van der Waals surface area contributed by atoms with E-state index in [4.69, 9.17) is 5.73 Å². The number of likely N-dealkylation sites (N-methyl/N-ethyl adjacent to an activating group) is 1. The summed E-state index contributed by atoms with van der Waals surface area (Å²) in [7, 11) is 1.82. The van der Waals surface area contributed by atoms with Crippen LogP contribution in [0.3, 0.4) is 0 Å². The summed E-state index contributed by atoms with van der Waals surface area (Å²) in [5.74, 6) is -0.261. The molecule has 0 aromatic heterocycles. The summed E-state index contributed by atoms with van der Waals surface area (Å²) < 4.78 is 0. The summed E-state index contributed by atoms with van der Waals surface area (Å²) >= 11 is 0. The molecule has 2 saturated heterocycles. The number of nitrogens with one attached hydrogen (secondary N) is 1. The highest BCUT2D eigenvalue weighted by atomic mass is 16.1. The molecular weight excluding hydrogens is 264 g/mol. The molecule has 5 heteroatoms. The van der Waals surface area contributed by atoms with E-state index in [0.29, 0.717) is 12.1 Å². The molecule has 0 aliphatic carbocycles. The molecule has 0 saturated carbocycles. The van der Waals surface area contributed by atoms with Crippen LogP contribution in [0.1, 0.15) is 46.0 Å². The molecule has 3 N–H and O–H groups in total. The number of primary amides is 1. The van der Waals surface area contributed by atoms with Gasteiger partial charge in [-0.3, -0.25) is 14.6 Å². The van der Waals surface area contributed by atoms with Gasteiger partial charge in [0.2, 0.25) is 5.91 Å². The van der Waals surface area contributed by atoms with Gasteiger partial charge in [0.05, 0.1) is 5.54 Å². The fourth-order valence-corrected chi connectivity index (χ4v) is 3.80. The Hall–Kier alpha value is -0.650. The fourth-order valence-electron chi connectivity index (χ4n) is 3.80. The minimum Gasteiger partial charge on any atom is -0.368 e. The molecule has 3 unspecified atom stereocenters. The van der Waals surface area contributed by atoms with E-state index in [2.05, 4.69) is 22.0 Å². The van der Waals surface area contributed by atoms with Gasteiger partial charge < -0.3 is 11.1 Å². The Morgan fingerprint density at radius 2 is 2.00 bits per heavy atom. The van der Waals surface area contributed by atoms with E-state index in [1.54, 1.807) is 0 Å². The Morgan fingerprint density at radius 1 is 1.33 bits per heavy atom. The quantitative estimate of drug-likeness (QED) is 0.761. The summed E-state index contributed by atoms with van der Waals surface area (Å²) in [4.78, 5) is 16.8. The summed E-state index contributed by atoms with van der Waals surface area (Å²) in [5.41, 5.74) is 4.94. The first-order valence-corrected chi connectivity index (χ1v) is 8.43. The smallest absolute Gasteiger partial charge is 0.237 e. The molecule has 21 heavy (non-hydrogen) atoms. The third kappa shape index (κ3) is 3.96. The molecule has 2 aliphatic rings.